The lowest BCUT2D eigenvalue weighted by molar-refractivity contribution is 0.115. The lowest BCUT2D eigenvalue weighted by Gasteiger charge is -2.30. The van der Waals surface area contributed by atoms with Gasteiger partial charge < -0.3 is 15.0 Å². The number of ether oxygens (including phenoxy) is 1. The first-order chi connectivity index (χ1) is 9.65. The SMILES string of the molecule is CCN(CC1CCCO1)c1cc(Br)ccc1C(C)NC. The number of nitrogens with zero attached hydrogens (tertiary/aromatic N) is 1. The molecule has 1 aliphatic rings. The third-order valence-electron chi connectivity index (χ3n) is 4.06. The average Bonchev–Trinajstić information content (AvgIpc) is 2.97. The predicted octanol–water partition coefficient (Wildman–Crippen LogP) is 3.73. The molecule has 1 aromatic carbocycles. The van der Waals surface area contributed by atoms with Crippen molar-refractivity contribution in [3.05, 3.63) is 28.2 Å². The lowest BCUT2D eigenvalue weighted by atomic mass is 10.0. The maximum Gasteiger partial charge on any atom is 0.0750 e. The summed E-state index contributed by atoms with van der Waals surface area (Å²) in [6.07, 6.45) is 2.76. The van der Waals surface area contributed by atoms with Crippen LogP contribution >= 0.6 is 15.9 Å². The standard InChI is InChI=1S/C16H25BrN2O/c1-4-19(11-14-6-5-9-20-14)16-10-13(17)7-8-15(16)12(2)18-3/h7-8,10,12,14,18H,4-6,9,11H2,1-3H3. The van der Waals surface area contributed by atoms with Gasteiger partial charge in [-0.15, -0.1) is 0 Å². The predicted molar refractivity (Wildman–Crippen MR) is 88.5 cm³/mol. The van der Waals surface area contributed by atoms with Crippen LogP contribution in [0.4, 0.5) is 5.69 Å². The summed E-state index contributed by atoms with van der Waals surface area (Å²) < 4.78 is 6.92. The van der Waals surface area contributed by atoms with Gasteiger partial charge in [-0.3, -0.25) is 0 Å². The molecule has 0 radical (unpaired) electrons. The van der Waals surface area contributed by atoms with Crippen molar-refractivity contribution in [3.63, 3.8) is 0 Å². The van der Waals surface area contributed by atoms with E-state index >= 15 is 0 Å². The van der Waals surface area contributed by atoms with Crippen molar-refractivity contribution in [1.82, 2.24) is 5.32 Å². The first kappa shape index (κ1) is 15.8. The van der Waals surface area contributed by atoms with Gasteiger partial charge in [0.05, 0.1) is 6.10 Å². The summed E-state index contributed by atoms with van der Waals surface area (Å²) in [7, 11) is 2.01. The van der Waals surface area contributed by atoms with Gasteiger partial charge in [0.2, 0.25) is 0 Å². The molecule has 0 bridgehead atoms. The Hall–Kier alpha value is -0.580. The highest BCUT2D eigenvalue weighted by molar-refractivity contribution is 9.10. The molecule has 0 amide bonds. The number of hydrogen-bond acceptors (Lipinski definition) is 3. The van der Waals surface area contributed by atoms with Gasteiger partial charge in [-0.2, -0.15) is 0 Å². The van der Waals surface area contributed by atoms with E-state index in [2.05, 4.69) is 58.2 Å². The number of likely N-dealkylation sites (N-methyl/N-ethyl adjacent to an activating group) is 1. The Bertz CT molecular complexity index is 432. The highest BCUT2D eigenvalue weighted by Gasteiger charge is 2.21. The van der Waals surface area contributed by atoms with Crippen LogP contribution < -0.4 is 10.2 Å². The maximum atomic E-state index is 5.79. The minimum Gasteiger partial charge on any atom is -0.376 e. The van der Waals surface area contributed by atoms with E-state index in [0.717, 1.165) is 24.2 Å². The Morgan fingerprint density at radius 1 is 1.50 bits per heavy atom. The van der Waals surface area contributed by atoms with Crippen LogP contribution in [0.25, 0.3) is 0 Å². The summed E-state index contributed by atoms with van der Waals surface area (Å²) in [5, 5.41) is 3.34. The zero-order valence-corrected chi connectivity index (χ0v) is 14.2. The van der Waals surface area contributed by atoms with Gasteiger partial charge in [-0.1, -0.05) is 22.0 Å². The van der Waals surface area contributed by atoms with Crippen molar-refractivity contribution in [3.8, 4) is 0 Å². The molecule has 112 valence electrons. The van der Waals surface area contributed by atoms with Crippen LogP contribution in [0.5, 0.6) is 0 Å². The van der Waals surface area contributed by atoms with Crippen molar-refractivity contribution >= 4 is 21.6 Å². The monoisotopic (exact) mass is 340 g/mol. The molecule has 0 aromatic heterocycles. The number of nitrogens with one attached hydrogen (secondary N) is 1. The summed E-state index contributed by atoms with van der Waals surface area (Å²) in [5.74, 6) is 0. The van der Waals surface area contributed by atoms with E-state index in [-0.39, 0.29) is 0 Å². The minimum atomic E-state index is 0.344. The second-order valence-electron chi connectivity index (χ2n) is 5.39. The molecule has 1 saturated heterocycles. The van der Waals surface area contributed by atoms with Crippen LogP contribution in [0.3, 0.4) is 0 Å². The summed E-state index contributed by atoms with van der Waals surface area (Å²) in [6.45, 7) is 7.31. The molecule has 0 aliphatic carbocycles. The minimum absolute atomic E-state index is 0.344. The molecule has 2 unspecified atom stereocenters. The van der Waals surface area contributed by atoms with Crippen LogP contribution in [-0.2, 0) is 4.74 Å². The Labute approximate surface area is 130 Å². The van der Waals surface area contributed by atoms with Crippen molar-refractivity contribution in [2.75, 3.05) is 31.6 Å². The molecule has 0 saturated carbocycles. The number of rotatable bonds is 6. The first-order valence-corrected chi connectivity index (χ1v) is 8.28. The molecule has 2 rings (SSSR count). The topological polar surface area (TPSA) is 24.5 Å². The third-order valence-corrected chi connectivity index (χ3v) is 4.56. The van der Waals surface area contributed by atoms with Gasteiger partial charge in [0.15, 0.2) is 0 Å². The molecule has 3 nitrogen and oxygen atoms in total. The van der Waals surface area contributed by atoms with E-state index in [4.69, 9.17) is 4.74 Å². The molecule has 1 N–H and O–H groups in total. The van der Waals surface area contributed by atoms with Crippen LogP contribution in [0.1, 0.15) is 38.3 Å². The fourth-order valence-electron chi connectivity index (χ4n) is 2.74. The Balaban J connectivity index is 2.24. The fourth-order valence-corrected chi connectivity index (χ4v) is 3.09. The molecule has 0 spiro atoms. The molecular formula is C16H25BrN2O. The third kappa shape index (κ3) is 3.74. The molecular weight excluding hydrogens is 316 g/mol. The zero-order chi connectivity index (χ0) is 14.5. The Morgan fingerprint density at radius 2 is 2.30 bits per heavy atom. The van der Waals surface area contributed by atoms with Crippen molar-refractivity contribution in [2.45, 2.75) is 38.8 Å². The summed E-state index contributed by atoms with van der Waals surface area (Å²) >= 11 is 3.60. The summed E-state index contributed by atoms with van der Waals surface area (Å²) in [6, 6.07) is 6.89. The quantitative estimate of drug-likeness (QED) is 0.853. The van der Waals surface area contributed by atoms with Crippen molar-refractivity contribution in [1.29, 1.82) is 0 Å². The van der Waals surface area contributed by atoms with Crippen LogP contribution in [0, 0.1) is 0 Å². The van der Waals surface area contributed by atoms with E-state index in [1.54, 1.807) is 0 Å². The average molecular weight is 341 g/mol. The highest BCUT2D eigenvalue weighted by atomic mass is 79.9. The molecule has 2 atom stereocenters. The lowest BCUT2D eigenvalue weighted by Crippen LogP contribution is -2.33. The Morgan fingerprint density at radius 3 is 2.90 bits per heavy atom. The number of halogens is 1. The summed E-state index contributed by atoms with van der Waals surface area (Å²) in [4.78, 5) is 2.43. The normalized spacial score (nSPS) is 20.1. The van der Waals surface area contributed by atoms with Crippen molar-refractivity contribution in [2.24, 2.45) is 0 Å². The van der Waals surface area contributed by atoms with E-state index in [0.29, 0.717) is 12.1 Å². The first-order valence-electron chi connectivity index (χ1n) is 7.49. The van der Waals surface area contributed by atoms with Crippen molar-refractivity contribution < 1.29 is 4.74 Å². The van der Waals surface area contributed by atoms with E-state index < -0.39 is 0 Å². The molecule has 1 fully saturated rings. The van der Waals surface area contributed by atoms with E-state index in [1.807, 2.05) is 7.05 Å². The van der Waals surface area contributed by atoms with Gasteiger partial charge in [-0.25, -0.2) is 0 Å². The number of benzene rings is 1. The Kier molecular flexibility index (Phi) is 5.87. The molecule has 1 heterocycles. The van der Waals surface area contributed by atoms with E-state index in [9.17, 15) is 0 Å². The largest absolute Gasteiger partial charge is 0.376 e. The van der Waals surface area contributed by atoms with Gasteiger partial charge in [0.1, 0.15) is 0 Å². The fraction of sp³-hybridized carbons (Fsp3) is 0.625. The van der Waals surface area contributed by atoms with Gasteiger partial charge >= 0.3 is 0 Å². The molecule has 20 heavy (non-hydrogen) atoms. The number of hydrogen-bond donors (Lipinski definition) is 1. The van der Waals surface area contributed by atoms with Crippen LogP contribution in [-0.4, -0.2) is 32.8 Å². The second-order valence-corrected chi connectivity index (χ2v) is 6.30. The molecule has 1 aliphatic heterocycles. The van der Waals surface area contributed by atoms with Crippen LogP contribution in [0.2, 0.25) is 0 Å². The van der Waals surface area contributed by atoms with Gasteiger partial charge in [-0.05, 0) is 51.4 Å². The second kappa shape index (κ2) is 7.43. The van der Waals surface area contributed by atoms with Gasteiger partial charge in [0.25, 0.3) is 0 Å². The number of anilines is 1. The smallest absolute Gasteiger partial charge is 0.0750 e. The molecule has 1 aromatic rings. The highest BCUT2D eigenvalue weighted by Crippen LogP contribution is 2.30. The van der Waals surface area contributed by atoms with Gasteiger partial charge in [0, 0.05) is 35.9 Å². The molecule has 4 heteroatoms. The zero-order valence-electron chi connectivity index (χ0n) is 12.7. The van der Waals surface area contributed by atoms with Crippen LogP contribution in [0.15, 0.2) is 22.7 Å². The maximum absolute atomic E-state index is 5.79. The van der Waals surface area contributed by atoms with E-state index in [1.165, 1.54) is 24.1 Å². The summed E-state index contributed by atoms with van der Waals surface area (Å²) in [5.41, 5.74) is 2.65.